The minimum Gasteiger partial charge on any atom is -0.350 e. The molecular weight excluding hydrogens is 268 g/mol. The van der Waals surface area contributed by atoms with Crippen LogP contribution in [0.5, 0.6) is 0 Å². The summed E-state index contributed by atoms with van der Waals surface area (Å²) in [6.45, 7) is 5.68. The van der Waals surface area contributed by atoms with Crippen molar-refractivity contribution < 1.29 is 4.92 Å². The highest BCUT2D eigenvalue weighted by atomic mass is 16.6. The molecule has 0 aliphatic carbocycles. The molecule has 2 fully saturated rings. The van der Waals surface area contributed by atoms with Crippen LogP contribution in [0.2, 0.25) is 0 Å². The highest BCUT2D eigenvalue weighted by Gasteiger charge is 2.38. The maximum absolute atomic E-state index is 11.3. The number of hydrogen-bond donors (Lipinski definition) is 1. The fraction of sp³-hybridized carbons (Fsp3) is 0.667. The van der Waals surface area contributed by atoms with Crippen LogP contribution >= 0.6 is 0 Å². The summed E-state index contributed by atoms with van der Waals surface area (Å²) in [6.07, 6.45) is 6.40. The standard InChI is InChI=1S/C15H22N4O2/c1-12-8-13(19(20)21)14(17-9-12)18-7-3-5-15(11-18)4-2-6-16-10-15/h8-9,16H,2-7,10-11H2,1H3. The summed E-state index contributed by atoms with van der Waals surface area (Å²) in [5.41, 5.74) is 1.23. The monoisotopic (exact) mass is 290 g/mol. The van der Waals surface area contributed by atoms with Crippen molar-refractivity contribution >= 4 is 11.5 Å². The molecule has 0 bridgehead atoms. The van der Waals surface area contributed by atoms with E-state index >= 15 is 0 Å². The number of aryl methyl sites for hydroxylation is 1. The Kier molecular flexibility index (Phi) is 3.80. The van der Waals surface area contributed by atoms with Crippen LogP contribution in [0.1, 0.15) is 31.2 Å². The number of pyridine rings is 1. The molecule has 114 valence electrons. The third-order valence-corrected chi connectivity index (χ3v) is 4.70. The Bertz CT molecular complexity index is 535. The molecule has 1 atom stereocenters. The predicted octanol–water partition coefficient (Wildman–Crippen LogP) is 2.27. The molecule has 1 unspecified atom stereocenters. The molecule has 6 heteroatoms. The van der Waals surface area contributed by atoms with E-state index in [-0.39, 0.29) is 16.0 Å². The molecule has 0 radical (unpaired) electrons. The maximum Gasteiger partial charge on any atom is 0.311 e. The molecule has 2 aliphatic heterocycles. The van der Waals surface area contributed by atoms with Crippen LogP contribution in [0.15, 0.2) is 12.3 Å². The van der Waals surface area contributed by atoms with Crippen molar-refractivity contribution in [3.05, 3.63) is 27.9 Å². The maximum atomic E-state index is 11.3. The second-order valence-corrected chi connectivity index (χ2v) is 6.42. The number of aromatic nitrogens is 1. The summed E-state index contributed by atoms with van der Waals surface area (Å²) in [4.78, 5) is 17.5. The van der Waals surface area contributed by atoms with Crippen molar-refractivity contribution in [3.8, 4) is 0 Å². The Hall–Kier alpha value is -1.69. The van der Waals surface area contributed by atoms with Crippen LogP contribution in [-0.2, 0) is 0 Å². The Morgan fingerprint density at radius 3 is 2.95 bits per heavy atom. The Morgan fingerprint density at radius 2 is 2.24 bits per heavy atom. The Morgan fingerprint density at radius 1 is 1.43 bits per heavy atom. The normalized spacial score (nSPS) is 26.0. The molecule has 2 saturated heterocycles. The first-order chi connectivity index (χ1) is 10.1. The molecule has 1 aromatic rings. The third-order valence-electron chi connectivity index (χ3n) is 4.70. The van der Waals surface area contributed by atoms with Gasteiger partial charge in [0.05, 0.1) is 4.92 Å². The zero-order chi connectivity index (χ0) is 14.9. The summed E-state index contributed by atoms with van der Waals surface area (Å²) in [7, 11) is 0. The van der Waals surface area contributed by atoms with Crippen LogP contribution in [0.25, 0.3) is 0 Å². The van der Waals surface area contributed by atoms with Gasteiger partial charge >= 0.3 is 5.69 Å². The summed E-state index contributed by atoms with van der Waals surface area (Å²) in [6, 6.07) is 1.63. The SMILES string of the molecule is Cc1cnc(N2CCCC3(CCCNC3)C2)c([N+](=O)[O-])c1. The van der Waals surface area contributed by atoms with Crippen molar-refractivity contribution in [2.24, 2.45) is 5.41 Å². The average molecular weight is 290 g/mol. The quantitative estimate of drug-likeness (QED) is 0.668. The lowest BCUT2D eigenvalue weighted by molar-refractivity contribution is -0.384. The fourth-order valence-electron chi connectivity index (χ4n) is 3.69. The zero-order valence-electron chi connectivity index (χ0n) is 12.5. The van der Waals surface area contributed by atoms with Crippen molar-refractivity contribution in [3.63, 3.8) is 0 Å². The van der Waals surface area contributed by atoms with Crippen LogP contribution in [-0.4, -0.2) is 36.1 Å². The molecular formula is C15H22N4O2. The van der Waals surface area contributed by atoms with Gasteiger partial charge in [0.25, 0.3) is 0 Å². The van der Waals surface area contributed by atoms with E-state index in [4.69, 9.17) is 0 Å². The van der Waals surface area contributed by atoms with E-state index in [1.807, 2.05) is 6.92 Å². The van der Waals surface area contributed by atoms with Crippen molar-refractivity contribution in [2.45, 2.75) is 32.6 Å². The van der Waals surface area contributed by atoms with Gasteiger partial charge in [0.15, 0.2) is 0 Å². The lowest BCUT2D eigenvalue weighted by Gasteiger charge is -2.45. The van der Waals surface area contributed by atoms with E-state index in [1.165, 1.54) is 19.3 Å². The van der Waals surface area contributed by atoms with Gasteiger partial charge in [0, 0.05) is 37.3 Å². The van der Waals surface area contributed by atoms with Crippen LogP contribution in [0, 0.1) is 22.5 Å². The summed E-state index contributed by atoms with van der Waals surface area (Å²) >= 11 is 0. The molecule has 0 aromatic carbocycles. The molecule has 1 N–H and O–H groups in total. The van der Waals surface area contributed by atoms with Crippen molar-refractivity contribution in [2.75, 3.05) is 31.1 Å². The van der Waals surface area contributed by atoms with Crippen LogP contribution in [0.3, 0.4) is 0 Å². The largest absolute Gasteiger partial charge is 0.350 e. The van der Waals surface area contributed by atoms with Gasteiger partial charge in [-0.05, 0) is 44.7 Å². The van der Waals surface area contributed by atoms with Gasteiger partial charge in [0.2, 0.25) is 5.82 Å². The number of nitrogens with zero attached hydrogens (tertiary/aromatic N) is 3. The lowest BCUT2D eigenvalue weighted by Crippen LogP contribution is -2.51. The minimum atomic E-state index is -0.310. The van der Waals surface area contributed by atoms with Crippen LogP contribution in [0.4, 0.5) is 11.5 Å². The van der Waals surface area contributed by atoms with E-state index in [0.717, 1.165) is 38.2 Å². The molecule has 6 nitrogen and oxygen atoms in total. The van der Waals surface area contributed by atoms with E-state index in [2.05, 4.69) is 15.2 Å². The molecule has 3 rings (SSSR count). The first-order valence-electron chi connectivity index (χ1n) is 7.66. The first kappa shape index (κ1) is 14.3. The predicted molar refractivity (Wildman–Crippen MR) is 81.6 cm³/mol. The van der Waals surface area contributed by atoms with E-state index < -0.39 is 0 Å². The van der Waals surface area contributed by atoms with Gasteiger partial charge in [-0.15, -0.1) is 0 Å². The number of anilines is 1. The number of rotatable bonds is 2. The highest BCUT2D eigenvalue weighted by Crippen LogP contribution is 2.39. The first-order valence-corrected chi connectivity index (χ1v) is 7.66. The minimum absolute atomic E-state index is 0.135. The molecule has 0 amide bonds. The Balaban J connectivity index is 1.88. The smallest absolute Gasteiger partial charge is 0.311 e. The van der Waals surface area contributed by atoms with Gasteiger partial charge in [0.1, 0.15) is 0 Å². The van der Waals surface area contributed by atoms with Gasteiger partial charge in [-0.1, -0.05) is 0 Å². The summed E-state index contributed by atoms with van der Waals surface area (Å²) in [5, 5.41) is 14.8. The lowest BCUT2D eigenvalue weighted by atomic mass is 9.74. The molecule has 2 aliphatic rings. The topological polar surface area (TPSA) is 71.3 Å². The molecule has 1 aromatic heterocycles. The Labute approximate surface area is 124 Å². The number of piperidine rings is 2. The van der Waals surface area contributed by atoms with E-state index in [9.17, 15) is 10.1 Å². The van der Waals surface area contributed by atoms with Gasteiger partial charge in [-0.2, -0.15) is 0 Å². The summed E-state index contributed by atoms with van der Waals surface area (Å²) < 4.78 is 0. The third kappa shape index (κ3) is 2.85. The fourth-order valence-corrected chi connectivity index (χ4v) is 3.69. The molecule has 21 heavy (non-hydrogen) atoms. The number of nitrogens with one attached hydrogen (secondary N) is 1. The van der Waals surface area contributed by atoms with Gasteiger partial charge < -0.3 is 10.2 Å². The van der Waals surface area contributed by atoms with E-state index in [1.54, 1.807) is 12.3 Å². The second kappa shape index (κ2) is 5.60. The zero-order valence-corrected chi connectivity index (χ0v) is 12.5. The van der Waals surface area contributed by atoms with Gasteiger partial charge in [-0.3, -0.25) is 10.1 Å². The van der Waals surface area contributed by atoms with Crippen molar-refractivity contribution in [1.82, 2.24) is 10.3 Å². The van der Waals surface area contributed by atoms with E-state index in [0.29, 0.717) is 5.82 Å². The number of nitro groups is 1. The molecule has 3 heterocycles. The number of hydrogen-bond acceptors (Lipinski definition) is 5. The second-order valence-electron chi connectivity index (χ2n) is 6.42. The van der Waals surface area contributed by atoms with Crippen LogP contribution < -0.4 is 10.2 Å². The average Bonchev–Trinajstić information content (AvgIpc) is 2.48. The van der Waals surface area contributed by atoms with Crippen molar-refractivity contribution in [1.29, 1.82) is 0 Å². The van der Waals surface area contributed by atoms with Gasteiger partial charge in [-0.25, -0.2) is 4.98 Å². The highest BCUT2D eigenvalue weighted by molar-refractivity contribution is 5.59. The molecule has 0 saturated carbocycles. The summed E-state index contributed by atoms with van der Waals surface area (Å²) in [5.74, 6) is 0.537. The molecule has 1 spiro atoms.